The zero-order valence-corrected chi connectivity index (χ0v) is 10.9. The van der Waals surface area contributed by atoms with Crippen molar-refractivity contribution in [2.75, 3.05) is 31.2 Å². The highest BCUT2D eigenvalue weighted by atomic mass is 32.2. The van der Waals surface area contributed by atoms with Crippen molar-refractivity contribution in [3.05, 3.63) is 23.8 Å². The molecule has 5 heteroatoms. The Morgan fingerprint density at radius 3 is 3.06 bits per heavy atom. The molecule has 4 nitrogen and oxygen atoms in total. The summed E-state index contributed by atoms with van der Waals surface area (Å²) >= 11 is 1.57. The van der Waals surface area contributed by atoms with Crippen LogP contribution >= 0.6 is 11.9 Å². The standard InChI is InChI=1S/C12H17N3OS/c1-16-11-8-10(15-17-2)4-3-9(11)7-12-13-5-6-14-12/h3-4,8,15H,5-7H2,1-2H3,(H,13,14). The molecule has 1 aliphatic heterocycles. The first kappa shape index (κ1) is 12.1. The molecule has 0 aliphatic carbocycles. The van der Waals surface area contributed by atoms with Gasteiger partial charge in [-0.3, -0.25) is 4.99 Å². The van der Waals surface area contributed by atoms with Gasteiger partial charge >= 0.3 is 0 Å². The maximum absolute atomic E-state index is 5.41. The van der Waals surface area contributed by atoms with E-state index in [0.717, 1.165) is 42.3 Å². The second kappa shape index (κ2) is 5.82. The number of aliphatic imine (C=N–C) groups is 1. The first-order valence-electron chi connectivity index (χ1n) is 5.56. The fourth-order valence-electron chi connectivity index (χ4n) is 1.82. The molecule has 0 fully saturated rings. The smallest absolute Gasteiger partial charge is 0.124 e. The molecule has 0 radical (unpaired) electrons. The van der Waals surface area contributed by atoms with E-state index in [4.69, 9.17) is 4.74 Å². The third kappa shape index (κ3) is 3.06. The largest absolute Gasteiger partial charge is 0.496 e. The van der Waals surface area contributed by atoms with E-state index in [-0.39, 0.29) is 0 Å². The number of hydrogen-bond acceptors (Lipinski definition) is 5. The SMILES string of the molecule is COc1cc(NSC)ccc1CC1=NCCN1. The number of hydrogen-bond donors (Lipinski definition) is 2. The summed E-state index contributed by atoms with van der Waals surface area (Å²) in [6.45, 7) is 1.83. The van der Waals surface area contributed by atoms with Gasteiger partial charge in [0, 0.05) is 36.5 Å². The molecule has 0 saturated carbocycles. The Hall–Kier alpha value is -1.36. The number of nitrogens with one attached hydrogen (secondary N) is 2. The van der Waals surface area contributed by atoms with Crippen LogP contribution in [-0.2, 0) is 6.42 Å². The molecule has 1 aliphatic rings. The summed E-state index contributed by atoms with van der Waals surface area (Å²) in [7, 11) is 1.70. The molecule has 1 aromatic rings. The van der Waals surface area contributed by atoms with Crippen molar-refractivity contribution in [2.24, 2.45) is 4.99 Å². The molecule has 0 bridgehead atoms. The van der Waals surface area contributed by atoms with E-state index in [1.165, 1.54) is 0 Å². The second-order valence-corrected chi connectivity index (χ2v) is 4.38. The minimum Gasteiger partial charge on any atom is -0.496 e. The lowest BCUT2D eigenvalue weighted by Gasteiger charge is -2.11. The number of anilines is 1. The molecule has 0 unspecified atom stereocenters. The number of methoxy groups -OCH3 is 1. The summed E-state index contributed by atoms with van der Waals surface area (Å²) in [4.78, 5) is 4.40. The number of amidine groups is 1. The molecule has 0 aromatic heterocycles. The predicted octanol–water partition coefficient (Wildman–Crippen LogP) is 1.93. The van der Waals surface area contributed by atoms with Crippen molar-refractivity contribution in [1.82, 2.24) is 5.32 Å². The zero-order chi connectivity index (χ0) is 12.1. The third-order valence-electron chi connectivity index (χ3n) is 2.61. The van der Waals surface area contributed by atoms with Gasteiger partial charge in [-0.2, -0.15) is 0 Å². The van der Waals surface area contributed by atoms with Crippen LogP contribution in [0.3, 0.4) is 0 Å². The molecule has 2 rings (SSSR count). The lowest BCUT2D eigenvalue weighted by atomic mass is 10.1. The van der Waals surface area contributed by atoms with Gasteiger partial charge < -0.3 is 14.8 Å². The van der Waals surface area contributed by atoms with Gasteiger partial charge in [0.15, 0.2) is 0 Å². The van der Waals surface area contributed by atoms with E-state index in [0.29, 0.717) is 0 Å². The Labute approximate surface area is 106 Å². The Morgan fingerprint density at radius 1 is 1.53 bits per heavy atom. The van der Waals surface area contributed by atoms with Crippen molar-refractivity contribution < 1.29 is 4.74 Å². The quantitative estimate of drug-likeness (QED) is 0.785. The molecule has 1 aromatic carbocycles. The minimum atomic E-state index is 0.808. The van der Waals surface area contributed by atoms with E-state index in [1.54, 1.807) is 19.1 Å². The van der Waals surface area contributed by atoms with Crippen LogP contribution < -0.4 is 14.8 Å². The van der Waals surface area contributed by atoms with Crippen LogP contribution in [0.4, 0.5) is 5.69 Å². The van der Waals surface area contributed by atoms with E-state index in [1.807, 2.05) is 12.3 Å². The first-order chi connectivity index (χ1) is 8.33. The van der Waals surface area contributed by atoms with Gasteiger partial charge in [-0.15, -0.1) is 0 Å². The maximum atomic E-state index is 5.41. The first-order valence-corrected chi connectivity index (χ1v) is 6.79. The fraction of sp³-hybridized carbons (Fsp3) is 0.417. The predicted molar refractivity (Wildman–Crippen MR) is 74.1 cm³/mol. The fourth-order valence-corrected chi connectivity index (χ4v) is 2.18. The van der Waals surface area contributed by atoms with Gasteiger partial charge in [-0.1, -0.05) is 18.0 Å². The topological polar surface area (TPSA) is 45.6 Å². The zero-order valence-electron chi connectivity index (χ0n) is 10.1. The average molecular weight is 251 g/mol. The molecule has 17 heavy (non-hydrogen) atoms. The average Bonchev–Trinajstić information content (AvgIpc) is 2.84. The number of rotatable bonds is 5. The van der Waals surface area contributed by atoms with Gasteiger partial charge in [0.1, 0.15) is 11.6 Å². The molecule has 0 saturated heterocycles. The van der Waals surface area contributed by atoms with Crippen molar-refractivity contribution in [3.63, 3.8) is 0 Å². The van der Waals surface area contributed by atoms with E-state index in [9.17, 15) is 0 Å². The monoisotopic (exact) mass is 251 g/mol. The van der Waals surface area contributed by atoms with Crippen LogP contribution in [0.5, 0.6) is 5.75 Å². The normalized spacial score (nSPS) is 14.1. The van der Waals surface area contributed by atoms with Crippen molar-refractivity contribution in [2.45, 2.75) is 6.42 Å². The maximum Gasteiger partial charge on any atom is 0.124 e. The third-order valence-corrected chi connectivity index (χ3v) is 3.05. The minimum absolute atomic E-state index is 0.808. The Kier molecular flexibility index (Phi) is 4.14. The molecule has 0 atom stereocenters. The van der Waals surface area contributed by atoms with Crippen LogP contribution in [0.1, 0.15) is 5.56 Å². The molecular weight excluding hydrogens is 234 g/mol. The van der Waals surface area contributed by atoms with Gasteiger partial charge in [0.25, 0.3) is 0 Å². The Morgan fingerprint density at radius 2 is 2.41 bits per heavy atom. The molecule has 92 valence electrons. The number of nitrogens with zero attached hydrogens (tertiary/aromatic N) is 1. The van der Waals surface area contributed by atoms with Gasteiger partial charge in [0.05, 0.1) is 13.7 Å². The van der Waals surface area contributed by atoms with E-state index < -0.39 is 0 Å². The van der Waals surface area contributed by atoms with Gasteiger partial charge in [-0.05, 0) is 6.07 Å². The van der Waals surface area contributed by atoms with Crippen molar-refractivity contribution >= 4 is 23.5 Å². The van der Waals surface area contributed by atoms with Crippen LogP contribution in [0.25, 0.3) is 0 Å². The summed E-state index contributed by atoms with van der Waals surface area (Å²) in [6.07, 6.45) is 2.81. The highest BCUT2D eigenvalue weighted by molar-refractivity contribution is 7.99. The lowest BCUT2D eigenvalue weighted by molar-refractivity contribution is 0.411. The van der Waals surface area contributed by atoms with E-state index in [2.05, 4.69) is 27.2 Å². The number of ether oxygens (including phenoxy) is 1. The van der Waals surface area contributed by atoms with Gasteiger partial charge in [0.2, 0.25) is 0 Å². The lowest BCUT2D eigenvalue weighted by Crippen LogP contribution is -2.20. The summed E-state index contributed by atoms with van der Waals surface area (Å²) in [5.74, 6) is 1.95. The van der Waals surface area contributed by atoms with Crippen LogP contribution in [0.2, 0.25) is 0 Å². The molecular formula is C12H17N3OS. The molecule has 0 amide bonds. The summed E-state index contributed by atoms with van der Waals surface area (Å²) < 4.78 is 8.60. The van der Waals surface area contributed by atoms with Crippen molar-refractivity contribution in [1.29, 1.82) is 0 Å². The van der Waals surface area contributed by atoms with Crippen LogP contribution in [-0.4, -0.2) is 32.3 Å². The Bertz CT molecular complexity index is 420. The van der Waals surface area contributed by atoms with E-state index >= 15 is 0 Å². The highest BCUT2D eigenvalue weighted by Gasteiger charge is 2.10. The number of benzene rings is 1. The molecule has 2 N–H and O–H groups in total. The van der Waals surface area contributed by atoms with Crippen LogP contribution in [0, 0.1) is 0 Å². The molecule has 1 heterocycles. The Balaban J connectivity index is 2.15. The second-order valence-electron chi connectivity index (χ2n) is 3.76. The van der Waals surface area contributed by atoms with Crippen LogP contribution in [0.15, 0.2) is 23.2 Å². The summed E-state index contributed by atoms with van der Waals surface area (Å²) in [6, 6.07) is 6.16. The molecule has 0 spiro atoms. The summed E-state index contributed by atoms with van der Waals surface area (Å²) in [5, 5.41) is 3.27. The van der Waals surface area contributed by atoms with Crippen molar-refractivity contribution in [3.8, 4) is 5.75 Å². The summed E-state index contributed by atoms with van der Waals surface area (Å²) in [5.41, 5.74) is 2.21. The van der Waals surface area contributed by atoms with Gasteiger partial charge in [-0.25, -0.2) is 0 Å². The highest BCUT2D eigenvalue weighted by Crippen LogP contribution is 2.25.